The molecule has 0 aliphatic rings. The van der Waals surface area contributed by atoms with Gasteiger partial charge in [0.25, 0.3) is 0 Å². The average Bonchev–Trinajstić information content (AvgIpc) is 2.66. The number of nitrogens with zero attached hydrogens (tertiary/aromatic N) is 1. The molecule has 2 heterocycles. The van der Waals surface area contributed by atoms with Gasteiger partial charge in [0.1, 0.15) is 0 Å². The van der Waals surface area contributed by atoms with Crippen molar-refractivity contribution in [1.82, 2.24) is 9.55 Å². The van der Waals surface area contributed by atoms with Gasteiger partial charge in [-0.3, -0.25) is 0 Å². The van der Waals surface area contributed by atoms with Crippen molar-refractivity contribution >= 4 is 37.9 Å². The van der Waals surface area contributed by atoms with Crippen LogP contribution in [0.5, 0.6) is 0 Å². The molecule has 0 spiro atoms. The predicted octanol–water partition coefficient (Wildman–Crippen LogP) is 3.42. The minimum atomic E-state index is 1.11. The zero-order chi connectivity index (χ0) is 9.71. The Morgan fingerprint density at radius 2 is 2.07 bits per heavy atom. The van der Waals surface area contributed by atoms with Gasteiger partial charge in [0, 0.05) is 28.6 Å². The van der Waals surface area contributed by atoms with E-state index in [4.69, 9.17) is 0 Å². The molecule has 0 atom stereocenters. The number of aryl methyl sites for hydroxylation is 1. The summed E-state index contributed by atoms with van der Waals surface area (Å²) in [5, 5.41) is 1.27. The van der Waals surface area contributed by atoms with Crippen LogP contribution in [0.1, 0.15) is 0 Å². The first-order valence-electron chi connectivity index (χ1n) is 4.48. The Bertz CT molecular complexity index is 619. The summed E-state index contributed by atoms with van der Waals surface area (Å²) in [7, 11) is 2.07. The van der Waals surface area contributed by atoms with Gasteiger partial charge in [0.05, 0.1) is 11.0 Å². The Balaban J connectivity index is 2.58. The van der Waals surface area contributed by atoms with E-state index in [1.165, 1.54) is 21.9 Å². The van der Waals surface area contributed by atoms with E-state index < -0.39 is 0 Å². The van der Waals surface area contributed by atoms with Crippen molar-refractivity contribution < 1.29 is 0 Å². The molecule has 0 saturated heterocycles. The lowest BCUT2D eigenvalue weighted by Crippen LogP contribution is -1.81. The van der Waals surface area contributed by atoms with Crippen LogP contribution in [0.25, 0.3) is 21.9 Å². The molecule has 2 nitrogen and oxygen atoms in total. The van der Waals surface area contributed by atoms with E-state index in [-0.39, 0.29) is 0 Å². The maximum atomic E-state index is 3.47. The van der Waals surface area contributed by atoms with Gasteiger partial charge >= 0.3 is 0 Å². The zero-order valence-electron chi connectivity index (χ0n) is 7.71. The van der Waals surface area contributed by atoms with Crippen molar-refractivity contribution in [3.05, 3.63) is 34.9 Å². The third-order valence-corrected chi connectivity index (χ3v) is 3.07. The van der Waals surface area contributed by atoms with E-state index in [2.05, 4.69) is 63.0 Å². The van der Waals surface area contributed by atoms with Gasteiger partial charge in [-0.2, -0.15) is 0 Å². The number of aromatic amines is 1. The van der Waals surface area contributed by atoms with Crippen molar-refractivity contribution in [2.75, 3.05) is 0 Å². The second-order valence-corrected chi connectivity index (χ2v) is 4.42. The number of hydrogen-bond donors (Lipinski definition) is 1. The summed E-state index contributed by atoms with van der Waals surface area (Å²) in [5.74, 6) is 0. The van der Waals surface area contributed by atoms with Crippen LogP contribution < -0.4 is 0 Å². The van der Waals surface area contributed by atoms with Gasteiger partial charge in [-0.05, 0) is 24.3 Å². The predicted molar refractivity (Wildman–Crippen MR) is 62.5 cm³/mol. The van der Waals surface area contributed by atoms with Gasteiger partial charge < -0.3 is 9.55 Å². The van der Waals surface area contributed by atoms with Crippen molar-refractivity contribution in [2.24, 2.45) is 7.05 Å². The second-order valence-electron chi connectivity index (χ2n) is 3.50. The maximum Gasteiger partial charge on any atom is 0.0737 e. The number of hydrogen-bond acceptors (Lipinski definition) is 0. The van der Waals surface area contributed by atoms with Crippen molar-refractivity contribution in [3.8, 4) is 0 Å². The fraction of sp³-hybridized carbons (Fsp3) is 0.0909. The Hall–Kier alpha value is -1.22. The molecule has 1 N–H and O–H groups in total. The van der Waals surface area contributed by atoms with Crippen molar-refractivity contribution in [1.29, 1.82) is 0 Å². The minimum absolute atomic E-state index is 1.11. The highest BCUT2D eigenvalue weighted by Gasteiger charge is 2.06. The van der Waals surface area contributed by atoms with E-state index in [9.17, 15) is 0 Å². The van der Waals surface area contributed by atoms with Crippen LogP contribution in [0.15, 0.2) is 34.9 Å². The lowest BCUT2D eigenvalue weighted by Gasteiger charge is -1.94. The van der Waals surface area contributed by atoms with Crippen LogP contribution in [-0.4, -0.2) is 9.55 Å². The lowest BCUT2D eigenvalue weighted by atomic mass is 10.2. The molecule has 70 valence electrons. The van der Waals surface area contributed by atoms with E-state index in [0.29, 0.717) is 0 Å². The summed E-state index contributed by atoms with van der Waals surface area (Å²) < 4.78 is 3.25. The molecule has 0 radical (unpaired) electrons. The monoisotopic (exact) mass is 248 g/mol. The number of aromatic nitrogens is 2. The number of fused-ring (bicyclic) bond motifs is 3. The molecular weight excluding hydrogens is 240 g/mol. The SMILES string of the molecule is Cn1ccc2[nH]c3cc(Br)ccc3c21. The normalized spacial score (nSPS) is 11.6. The number of rotatable bonds is 0. The molecule has 0 aliphatic carbocycles. The summed E-state index contributed by atoms with van der Waals surface area (Å²) in [6.45, 7) is 0. The lowest BCUT2D eigenvalue weighted by molar-refractivity contribution is 0.973. The number of halogens is 1. The fourth-order valence-electron chi connectivity index (χ4n) is 1.94. The number of benzene rings is 1. The second kappa shape index (κ2) is 2.64. The number of nitrogens with one attached hydrogen (secondary N) is 1. The van der Waals surface area contributed by atoms with E-state index in [0.717, 1.165) is 4.47 Å². The topological polar surface area (TPSA) is 20.7 Å². The Kier molecular flexibility index (Phi) is 1.53. The van der Waals surface area contributed by atoms with Gasteiger partial charge in [-0.1, -0.05) is 15.9 Å². The quantitative estimate of drug-likeness (QED) is 0.630. The smallest absolute Gasteiger partial charge is 0.0737 e. The molecule has 1 aromatic carbocycles. The Morgan fingerprint density at radius 1 is 1.21 bits per heavy atom. The van der Waals surface area contributed by atoms with Crippen molar-refractivity contribution in [2.45, 2.75) is 0 Å². The summed E-state index contributed by atoms with van der Waals surface area (Å²) >= 11 is 3.47. The van der Waals surface area contributed by atoms with Crippen LogP contribution in [0, 0.1) is 0 Å². The fourth-order valence-corrected chi connectivity index (χ4v) is 2.30. The van der Waals surface area contributed by atoms with Gasteiger partial charge in [0.15, 0.2) is 0 Å². The summed E-state index contributed by atoms with van der Waals surface area (Å²) in [6, 6.07) is 8.42. The highest BCUT2D eigenvalue weighted by atomic mass is 79.9. The van der Waals surface area contributed by atoms with Gasteiger partial charge in [-0.15, -0.1) is 0 Å². The van der Waals surface area contributed by atoms with E-state index >= 15 is 0 Å². The molecular formula is C11H9BrN2. The Morgan fingerprint density at radius 3 is 2.93 bits per heavy atom. The first kappa shape index (κ1) is 8.12. The first-order valence-corrected chi connectivity index (χ1v) is 5.27. The van der Waals surface area contributed by atoms with Crippen LogP contribution >= 0.6 is 15.9 Å². The molecule has 0 aliphatic heterocycles. The van der Waals surface area contributed by atoms with Crippen LogP contribution in [0.3, 0.4) is 0 Å². The summed E-state index contributed by atoms with van der Waals surface area (Å²) in [4.78, 5) is 3.39. The molecule has 0 fully saturated rings. The molecule has 3 rings (SSSR count). The molecule has 3 heteroatoms. The molecule has 2 aromatic heterocycles. The van der Waals surface area contributed by atoms with Crippen LogP contribution in [0.2, 0.25) is 0 Å². The largest absolute Gasteiger partial charge is 0.353 e. The third-order valence-electron chi connectivity index (χ3n) is 2.58. The average molecular weight is 249 g/mol. The maximum absolute atomic E-state index is 3.47. The molecule has 0 bridgehead atoms. The zero-order valence-corrected chi connectivity index (χ0v) is 9.30. The summed E-state index contributed by atoms with van der Waals surface area (Å²) in [6.07, 6.45) is 2.07. The molecule has 14 heavy (non-hydrogen) atoms. The number of H-pyrrole nitrogens is 1. The van der Waals surface area contributed by atoms with Crippen LogP contribution in [0.4, 0.5) is 0 Å². The Labute approximate surface area is 89.7 Å². The minimum Gasteiger partial charge on any atom is -0.353 e. The van der Waals surface area contributed by atoms with E-state index in [1.807, 2.05) is 0 Å². The highest BCUT2D eigenvalue weighted by molar-refractivity contribution is 9.10. The van der Waals surface area contributed by atoms with Gasteiger partial charge in [0.2, 0.25) is 0 Å². The molecule has 0 amide bonds. The first-order chi connectivity index (χ1) is 6.75. The highest BCUT2D eigenvalue weighted by Crippen LogP contribution is 2.27. The van der Waals surface area contributed by atoms with Crippen molar-refractivity contribution in [3.63, 3.8) is 0 Å². The molecule has 0 saturated carbocycles. The van der Waals surface area contributed by atoms with Gasteiger partial charge in [-0.25, -0.2) is 0 Å². The van der Waals surface area contributed by atoms with Crippen LogP contribution in [-0.2, 0) is 7.05 Å². The molecule has 0 unspecified atom stereocenters. The standard InChI is InChI=1S/C11H9BrN2/c1-14-5-4-9-11(14)8-3-2-7(12)6-10(8)13-9/h2-6,13H,1H3. The molecule has 3 aromatic rings. The van der Waals surface area contributed by atoms with E-state index in [1.54, 1.807) is 0 Å². The summed E-state index contributed by atoms with van der Waals surface area (Å²) in [5.41, 5.74) is 3.65. The third kappa shape index (κ3) is 0.960.